The van der Waals surface area contributed by atoms with Crippen LogP contribution >= 0.6 is 0 Å². The molecule has 0 saturated carbocycles. The van der Waals surface area contributed by atoms with Crippen molar-refractivity contribution in [3.05, 3.63) is 0 Å². The summed E-state index contributed by atoms with van der Waals surface area (Å²) in [5.74, 6) is 0.551. The SMILES string of the molecule is CCC(CCO)CNCC(C)(CC)CO. The zero-order chi connectivity index (χ0) is 11.7. The Bertz CT molecular complexity index is 147. The smallest absolute Gasteiger partial charge is 0.0496 e. The maximum atomic E-state index is 9.23. The summed E-state index contributed by atoms with van der Waals surface area (Å²) >= 11 is 0. The third-order valence-electron chi connectivity index (χ3n) is 3.33. The van der Waals surface area contributed by atoms with Crippen LogP contribution in [-0.4, -0.2) is 36.5 Å². The highest BCUT2D eigenvalue weighted by Gasteiger charge is 2.20. The molecule has 0 rings (SSSR count). The van der Waals surface area contributed by atoms with Crippen LogP contribution in [0.3, 0.4) is 0 Å². The summed E-state index contributed by atoms with van der Waals surface area (Å²) in [6.45, 7) is 8.62. The van der Waals surface area contributed by atoms with E-state index in [0.29, 0.717) is 5.92 Å². The van der Waals surface area contributed by atoms with E-state index in [9.17, 15) is 5.11 Å². The maximum absolute atomic E-state index is 9.23. The van der Waals surface area contributed by atoms with Crippen LogP contribution in [0.15, 0.2) is 0 Å². The lowest BCUT2D eigenvalue weighted by Gasteiger charge is -2.27. The van der Waals surface area contributed by atoms with Crippen LogP contribution in [0.2, 0.25) is 0 Å². The fraction of sp³-hybridized carbons (Fsp3) is 1.00. The molecular formula is C12H27NO2. The highest BCUT2D eigenvalue weighted by Crippen LogP contribution is 2.18. The largest absolute Gasteiger partial charge is 0.396 e. The molecule has 0 amide bonds. The molecular weight excluding hydrogens is 190 g/mol. The Balaban J connectivity index is 3.75. The van der Waals surface area contributed by atoms with Crippen molar-refractivity contribution in [2.75, 3.05) is 26.3 Å². The first-order valence-electron chi connectivity index (χ1n) is 6.04. The van der Waals surface area contributed by atoms with Gasteiger partial charge in [0, 0.05) is 25.2 Å². The number of nitrogens with one attached hydrogen (secondary N) is 1. The Morgan fingerprint density at radius 2 is 1.93 bits per heavy atom. The van der Waals surface area contributed by atoms with E-state index < -0.39 is 0 Å². The average molecular weight is 217 g/mol. The molecule has 3 nitrogen and oxygen atoms in total. The van der Waals surface area contributed by atoms with E-state index in [1.807, 2.05) is 0 Å². The highest BCUT2D eigenvalue weighted by atomic mass is 16.3. The van der Waals surface area contributed by atoms with Crippen molar-refractivity contribution in [3.8, 4) is 0 Å². The van der Waals surface area contributed by atoms with Crippen LogP contribution in [-0.2, 0) is 0 Å². The lowest BCUT2D eigenvalue weighted by Crippen LogP contribution is -2.36. The predicted octanol–water partition coefficient (Wildman–Crippen LogP) is 1.39. The van der Waals surface area contributed by atoms with Crippen LogP contribution in [0.5, 0.6) is 0 Å². The predicted molar refractivity (Wildman–Crippen MR) is 63.8 cm³/mol. The second-order valence-electron chi connectivity index (χ2n) is 4.74. The van der Waals surface area contributed by atoms with Gasteiger partial charge in [0.05, 0.1) is 0 Å². The lowest BCUT2D eigenvalue weighted by atomic mass is 9.88. The second-order valence-corrected chi connectivity index (χ2v) is 4.74. The number of hydrogen-bond acceptors (Lipinski definition) is 3. The lowest BCUT2D eigenvalue weighted by molar-refractivity contribution is 0.133. The molecule has 0 aromatic carbocycles. The molecule has 0 aliphatic heterocycles. The first-order chi connectivity index (χ1) is 7.11. The van der Waals surface area contributed by atoms with E-state index in [1.165, 1.54) is 0 Å². The standard InChI is InChI=1S/C12H27NO2/c1-4-11(6-7-14)8-13-9-12(3,5-2)10-15/h11,13-15H,4-10H2,1-3H3. The molecule has 15 heavy (non-hydrogen) atoms. The first-order valence-corrected chi connectivity index (χ1v) is 6.04. The fourth-order valence-electron chi connectivity index (χ4n) is 1.50. The van der Waals surface area contributed by atoms with Gasteiger partial charge >= 0.3 is 0 Å². The zero-order valence-electron chi connectivity index (χ0n) is 10.4. The van der Waals surface area contributed by atoms with Crippen molar-refractivity contribution in [1.29, 1.82) is 0 Å². The van der Waals surface area contributed by atoms with Gasteiger partial charge in [0.25, 0.3) is 0 Å². The van der Waals surface area contributed by atoms with Crippen molar-refractivity contribution < 1.29 is 10.2 Å². The summed E-state index contributed by atoms with van der Waals surface area (Å²) in [4.78, 5) is 0. The van der Waals surface area contributed by atoms with E-state index in [0.717, 1.165) is 32.4 Å². The molecule has 0 radical (unpaired) electrons. The summed E-state index contributed by atoms with van der Waals surface area (Å²) in [7, 11) is 0. The van der Waals surface area contributed by atoms with Gasteiger partial charge in [-0.3, -0.25) is 0 Å². The summed E-state index contributed by atoms with van der Waals surface area (Å²) < 4.78 is 0. The molecule has 0 aliphatic rings. The number of aliphatic hydroxyl groups excluding tert-OH is 2. The molecule has 0 bridgehead atoms. The molecule has 0 aliphatic carbocycles. The molecule has 2 unspecified atom stereocenters. The minimum Gasteiger partial charge on any atom is -0.396 e. The van der Waals surface area contributed by atoms with Crippen LogP contribution in [0.25, 0.3) is 0 Å². The molecule has 0 heterocycles. The quantitative estimate of drug-likeness (QED) is 0.547. The number of hydrogen-bond donors (Lipinski definition) is 3. The summed E-state index contributed by atoms with van der Waals surface area (Å²) in [6, 6.07) is 0. The van der Waals surface area contributed by atoms with Crippen LogP contribution in [0, 0.1) is 11.3 Å². The third-order valence-corrected chi connectivity index (χ3v) is 3.33. The first kappa shape index (κ1) is 14.9. The monoisotopic (exact) mass is 217 g/mol. The van der Waals surface area contributed by atoms with Gasteiger partial charge in [0.1, 0.15) is 0 Å². The maximum Gasteiger partial charge on any atom is 0.0496 e. The van der Waals surface area contributed by atoms with E-state index in [2.05, 4.69) is 26.1 Å². The van der Waals surface area contributed by atoms with Gasteiger partial charge in [0.2, 0.25) is 0 Å². The summed E-state index contributed by atoms with van der Waals surface area (Å²) in [5, 5.41) is 21.5. The van der Waals surface area contributed by atoms with Crippen LogP contribution in [0.4, 0.5) is 0 Å². The molecule has 2 atom stereocenters. The van der Waals surface area contributed by atoms with Gasteiger partial charge in [-0.05, 0) is 25.3 Å². The molecule has 0 fully saturated rings. The Hall–Kier alpha value is -0.120. The number of aliphatic hydroxyl groups is 2. The van der Waals surface area contributed by atoms with Gasteiger partial charge < -0.3 is 15.5 Å². The Morgan fingerprint density at radius 1 is 1.27 bits per heavy atom. The minimum atomic E-state index is -0.00247. The van der Waals surface area contributed by atoms with Crippen molar-refractivity contribution in [3.63, 3.8) is 0 Å². The van der Waals surface area contributed by atoms with Crippen LogP contribution in [0.1, 0.15) is 40.0 Å². The Kier molecular flexibility index (Phi) is 8.02. The molecule has 3 N–H and O–H groups in total. The van der Waals surface area contributed by atoms with Crippen molar-refractivity contribution in [2.24, 2.45) is 11.3 Å². The fourth-order valence-corrected chi connectivity index (χ4v) is 1.50. The number of rotatable bonds is 9. The van der Waals surface area contributed by atoms with E-state index in [-0.39, 0.29) is 18.6 Å². The zero-order valence-corrected chi connectivity index (χ0v) is 10.4. The van der Waals surface area contributed by atoms with Gasteiger partial charge in [-0.25, -0.2) is 0 Å². The summed E-state index contributed by atoms with van der Waals surface area (Å²) in [5.41, 5.74) is -0.00247. The third kappa shape index (κ3) is 6.13. The molecule has 0 spiro atoms. The molecule has 3 heteroatoms. The van der Waals surface area contributed by atoms with Crippen molar-refractivity contribution in [1.82, 2.24) is 5.32 Å². The highest BCUT2D eigenvalue weighted by molar-refractivity contribution is 4.75. The Morgan fingerprint density at radius 3 is 2.33 bits per heavy atom. The van der Waals surface area contributed by atoms with Gasteiger partial charge in [-0.2, -0.15) is 0 Å². The molecule has 0 saturated heterocycles. The van der Waals surface area contributed by atoms with Gasteiger partial charge in [-0.15, -0.1) is 0 Å². The normalized spacial score (nSPS) is 17.4. The van der Waals surface area contributed by atoms with Gasteiger partial charge in [-0.1, -0.05) is 27.2 Å². The average Bonchev–Trinajstić information content (AvgIpc) is 2.27. The van der Waals surface area contributed by atoms with Crippen LogP contribution < -0.4 is 5.32 Å². The summed E-state index contributed by atoms with van der Waals surface area (Å²) in [6.07, 6.45) is 2.94. The van der Waals surface area contributed by atoms with Crippen molar-refractivity contribution in [2.45, 2.75) is 40.0 Å². The van der Waals surface area contributed by atoms with E-state index in [1.54, 1.807) is 0 Å². The second kappa shape index (κ2) is 8.08. The topological polar surface area (TPSA) is 52.5 Å². The molecule has 0 aromatic rings. The van der Waals surface area contributed by atoms with E-state index in [4.69, 9.17) is 5.11 Å². The molecule has 0 aromatic heterocycles. The Labute approximate surface area is 93.9 Å². The molecule has 92 valence electrons. The van der Waals surface area contributed by atoms with Crippen molar-refractivity contribution >= 4 is 0 Å². The van der Waals surface area contributed by atoms with Gasteiger partial charge in [0.15, 0.2) is 0 Å². The minimum absolute atomic E-state index is 0.00247. The van der Waals surface area contributed by atoms with E-state index >= 15 is 0 Å².